The third-order valence-corrected chi connectivity index (χ3v) is 3.58. The van der Waals surface area contributed by atoms with Crippen LogP contribution in [-0.4, -0.2) is 16.7 Å². The lowest BCUT2D eigenvalue weighted by Gasteiger charge is -2.16. The molecule has 2 aromatic rings. The maximum Gasteiger partial charge on any atom is 0.183 e. The minimum Gasteiger partial charge on any atom is -0.293 e. The van der Waals surface area contributed by atoms with Gasteiger partial charge in [-0.05, 0) is 12.1 Å². The number of amidine groups is 1. The van der Waals surface area contributed by atoms with Crippen molar-refractivity contribution in [1.29, 1.82) is 10.9 Å². The molecule has 0 aliphatic carbocycles. The van der Waals surface area contributed by atoms with Crippen LogP contribution in [0.2, 0.25) is 0 Å². The van der Waals surface area contributed by atoms with Gasteiger partial charge < -0.3 is 0 Å². The highest BCUT2D eigenvalue weighted by Crippen LogP contribution is 2.19. The third-order valence-electron chi connectivity index (χ3n) is 2.73. The van der Waals surface area contributed by atoms with Crippen molar-refractivity contribution in [3.05, 3.63) is 66.2 Å². The SMILES string of the molecule is N=NN(C(=N)SCC(=O)c1ccccc1)c1ccccc1. The Morgan fingerprint density at radius 3 is 2.19 bits per heavy atom. The molecule has 2 aromatic carbocycles. The van der Waals surface area contributed by atoms with Gasteiger partial charge in [0.05, 0.1) is 11.4 Å². The number of nitrogens with one attached hydrogen (secondary N) is 2. The van der Waals surface area contributed by atoms with Crippen molar-refractivity contribution in [1.82, 2.24) is 0 Å². The van der Waals surface area contributed by atoms with Gasteiger partial charge in [-0.15, -0.1) is 0 Å². The Hall–Kier alpha value is -2.47. The van der Waals surface area contributed by atoms with E-state index in [4.69, 9.17) is 10.9 Å². The number of Topliss-reactive ketones (excluding diaryl/α,β-unsaturated/α-hetero) is 1. The second-order valence-electron chi connectivity index (χ2n) is 4.13. The summed E-state index contributed by atoms with van der Waals surface area (Å²) < 4.78 is 0. The highest BCUT2D eigenvalue weighted by atomic mass is 32.2. The molecule has 0 atom stereocenters. The van der Waals surface area contributed by atoms with Crippen molar-refractivity contribution >= 4 is 28.4 Å². The largest absolute Gasteiger partial charge is 0.293 e. The molecule has 0 amide bonds. The number of hydrogen-bond acceptors (Lipinski definition) is 5. The second kappa shape index (κ2) is 7.35. The minimum atomic E-state index is -0.0525. The van der Waals surface area contributed by atoms with Crippen LogP contribution in [0.4, 0.5) is 5.69 Å². The average Bonchev–Trinajstić information content (AvgIpc) is 2.55. The van der Waals surface area contributed by atoms with Crippen LogP contribution in [0.25, 0.3) is 0 Å². The highest BCUT2D eigenvalue weighted by Gasteiger charge is 2.14. The summed E-state index contributed by atoms with van der Waals surface area (Å²) in [5, 5.41) is 12.5. The van der Waals surface area contributed by atoms with E-state index in [-0.39, 0.29) is 16.7 Å². The summed E-state index contributed by atoms with van der Waals surface area (Å²) >= 11 is 1.05. The Bertz CT molecular complexity index is 631. The Balaban J connectivity index is 1.98. The molecule has 0 spiro atoms. The molecule has 106 valence electrons. The zero-order chi connectivity index (χ0) is 15.1. The Morgan fingerprint density at radius 1 is 1.05 bits per heavy atom. The summed E-state index contributed by atoms with van der Waals surface area (Å²) in [7, 11) is 0. The molecule has 21 heavy (non-hydrogen) atoms. The lowest BCUT2D eigenvalue weighted by molar-refractivity contribution is 0.102. The summed E-state index contributed by atoms with van der Waals surface area (Å²) in [6.45, 7) is 0. The molecule has 0 heterocycles. The van der Waals surface area contributed by atoms with Crippen LogP contribution in [0.3, 0.4) is 0 Å². The van der Waals surface area contributed by atoms with Gasteiger partial charge in [-0.3, -0.25) is 10.2 Å². The predicted molar refractivity (Wildman–Crippen MR) is 85.0 cm³/mol. The van der Waals surface area contributed by atoms with Gasteiger partial charge in [0.2, 0.25) is 0 Å². The van der Waals surface area contributed by atoms with Gasteiger partial charge in [-0.25, -0.2) is 0 Å². The van der Waals surface area contributed by atoms with Crippen LogP contribution in [0, 0.1) is 10.9 Å². The lowest BCUT2D eigenvalue weighted by atomic mass is 10.2. The van der Waals surface area contributed by atoms with E-state index in [1.165, 1.54) is 5.01 Å². The van der Waals surface area contributed by atoms with Crippen LogP contribution < -0.4 is 5.01 Å². The maximum atomic E-state index is 12.0. The molecule has 0 unspecified atom stereocenters. The summed E-state index contributed by atoms with van der Waals surface area (Å²) in [4.78, 5) is 12.0. The van der Waals surface area contributed by atoms with Gasteiger partial charge in [-0.2, -0.15) is 10.5 Å². The van der Waals surface area contributed by atoms with Gasteiger partial charge in [0.1, 0.15) is 0 Å². The first-order chi connectivity index (χ1) is 10.2. The Labute approximate surface area is 127 Å². The molecule has 0 bridgehead atoms. The Morgan fingerprint density at radius 2 is 1.62 bits per heavy atom. The van der Waals surface area contributed by atoms with Gasteiger partial charge >= 0.3 is 0 Å². The van der Waals surface area contributed by atoms with Crippen LogP contribution >= 0.6 is 11.8 Å². The van der Waals surface area contributed by atoms with E-state index in [1.807, 2.05) is 12.1 Å². The number of anilines is 1. The molecule has 0 fully saturated rings. The first-order valence-electron chi connectivity index (χ1n) is 6.24. The number of rotatable bonds is 5. The molecule has 6 heteroatoms. The topological polar surface area (TPSA) is 80.4 Å². The van der Waals surface area contributed by atoms with E-state index in [0.29, 0.717) is 11.3 Å². The smallest absolute Gasteiger partial charge is 0.183 e. The number of para-hydroxylation sites is 1. The first-order valence-corrected chi connectivity index (χ1v) is 7.23. The Kier molecular flexibility index (Phi) is 5.22. The monoisotopic (exact) mass is 298 g/mol. The van der Waals surface area contributed by atoms with E-state index in [9.17, 15) is 4.79 Å². The van der Waals surface area contributed by atoms with Crippen LogP contribution in [-0.2, 0) is 0 Å². The van der Waals surface area contributed by atoms with E-state index in [1.54, 1.807) is 48.5 Å². The molecule has 0 saturated carbocycles. The fraction of sp³-hybridized carbons (Fsp3) is 0.0667. The van der Waals surface area contributed by atoms with Gasteiger partial charge in [-0.1, -0.05) is 65.5 Å². The molecule has 2 N–H and O–H groups in total. The van der Waals surface area contributed by atoms with Crippen molar-refractivity contribution in [3.63, 3.8) is 0 Å². The molecule has 0 aliphatic heterocycles. The van der Waals surface area contributed by atoms with Gasteiger partial charge in [0.15, 0.2) is 11.0 Å². The number of nitrogens with zero attached hydrogens (tertiary/aromatic N) is 2. The van der Waals surface area contributed by atoms with Crippen molar-refractivity contribution in [2.75, 3.05) is 10.8 Å². The minimum absolute atomic E-state index is 0.0421. The van der Waals surface area contributed by atoms with E-state index in [2.05, 4.69) is 5.22 Å². The predicted octanol–water partition coefficient (Wildman–Crippen LogP) is 3.99. The van der Waals surface area contributed by atoms with Crippen molar-refractivity contribution in [3.8, 4) is 0 Å². The number of ketones is 1. The summed E-state index contributed by atoms with van der Waals surface area (Å²) in [6, 6.07) is 17.9. The number of thioether (sulfide) groups is 1. The molecule has 5 nitrogen and oxygen atoms in total. The second-order valence-corrected chi connectivity index (χ2v) is 5.09. The van der Waals surface area contributed by atoms with Crippen LogP contribution in [0.1, 0.15) is 10.4 Å². The summed E-state index contributed by atoms with van der Waals surface area (Å²) in [6.07, 6.45) is 0. The average molecular weight is 298 g/mol. The van der Waals surface area contributed by atoms with Crippen molar-refractivity contribution < 1.29 is 4.79 Å². The number of carbonyl (C=O) groups is 1. The van der Waals surface area contributed by atoms with Crippen molar-refractivity contribution in [2.24, 2.45) is 5.22 Å². The van der Waals surface area contributed by atoms with E-state index < -0.39 is 0 Å². The molecule has 2 rings (SSSR count). The normalized spacial score (nSPS) is 9.90. The highest BCUT2D eigenvalue weighted by molar-refractivity contribution is 8.14. The van der Waals surface area contributed by atoms with E-state index >= 15 is 0 Å². The quantitative estimate of drug-likeness (QED) is 0.288. The number of hydrogen-bond donors (Lipinski definition) is 2. The molecule has 0 aromatic heterocycles. The first kappa shape index (κ1) is 14.9. The fourth-order valence-corrected chi connectivity index (χ4v) is 2.40. The lowest BCUT2D eigenvalue weighted by Crippen LogP contribution is -2.22. The zero-order valence-electron chi connectivity index (χ0n) is 11.2. The molecule has 0 aliphatic rings. The van der Waals surface area contributed by atoms with Crippen LogP contribution in [0.15, 0.2) is 65.9 Å². The molecular formula is C15H14N4OS. The number of benzene rings is 2. The fourth-order valence-electron chi connectivity index (χ4n) is 1.69. The third kappa shape index (κ3) is 4.00. The molecule has 0 radical (unpaired) electrons. The summed E-state index contributed by atoms with van der Waals surface area (Å²) in [5.74, 6) is 0.0881. The van der Waals surface area contributed by atoms with Crippen molar-refractivity contribution in [2.45, 2.75) is 0 Å². The van der Waals surface area contributed by atoms with E-state index in [0.717, 1.165) is 11.8 Å². The van der Waals surface area contributed by atoms with Crippen LogP contribution in [0.5, 0.6) is 0 Å². The standard InChI is InChI=1S/C15H14N4OS/c16-15(19(18-17)13-9-5-2-6-10-13)21-11-14(20)12-7-3-1-4-8-12/h1-10,16-17H,11H2. The molecule has 0 saturated heterocycles. The summed E-state index contributed by atoms with van der Waals surface area (Å²) in [5.41, 5.74) is 8.43. The van der Waals surface area contributed by atoms with Gasteiger partial charge in [0, 0.05) is 5.56 Å². The maximum absolute atomic E-state index is 12.0. The molecular weight excluding hydrogens is 284 g/mol. The zero-order valence-corrected chi connectivity index (χ0v) is 12.0. The van der Waals surface area contributed by atoms with Gasteiger partial charge in [0.25, 0.3) is 0 Å². The number of carbonyl (C=O) groups excluding carboxylic acids is 1.